The molecule has 7 heteroatoms. The largest absolute Gasteiger partial charge is 0.497 e. The van der Waals surface area contributed by atoms with Crippen LogP contribution in [0.1, 0.15) is 5.56 Å². The summed E-state index contributed by atoms with van der Waals surface area (Å²) in [5.74, 6) is 0.468. The lowest BCUT2D eigenvalue weighted by atomic mass is 10.0. The molecule has 120 valence electrons. The van der Waals surface area contributed by atoms with E-state index >= 15 is 0 Å². The van der Waals surface area contributed by atoms with Crippen molar-refractivity contribution in [2.75, 3.05) is 14.2 Å². The third-order valence-electron chi connectivity index (χ3n) is 3.38. The van der Waals surface area contributed by atoms with Gasteiger partial charge in [-0.1, -0.05) is 6.07 Å². The van der Waals surface area contributed by atoms with E-state index in [1.807, 2.05) is 0 Å². The molecule has 23 heavy (non-hydrogen) atoms. The van der Waals surface area contributed by atoms with E-state index in [0.29, 0.717) is 10.6 Å². The van der Waals surface area contributed by atoms with Gasteiger partial charge in [-0.25, -0.2) is 4.98 Å². The minimum atomic E-state index is -4.52. The van der Waals surface area contributed by atoms with Crippen LogP contribution in [0.5, 0.6) is 11.5 Å². The van der Waals surface area contributed by atoms with Gasteiger partial charge in [0.1, 0.15) is 11.5 Å². The number of ether oxygens (including phenoxy) is 2. The van der Waals surface area contributed by atoms with Crippen LogP contribution >= 0.6 is 11.3 Å². The molecule has 0 unspecified atom stereocenters. The van der Waals surface area contributed by atoms with E-state index in [1.165, 1.54) is 37.7 Å². The van der Waals surface area contributed by atoms with Gasteiger partial charge in [0.15, 0.2) is 0 Å². The number of halogens is 3. The average molecular weight is 339 g/mol. The predicted octanol–water partition coefficient (Wildman–Crippen LogP) is 5.00. The minimum Gasteiger partial charge on any atom is -0.497 e. The molecule has 1 aromatic carbocycles. The van der Waals surface area contributed by atoms with Crippen molar-refractivity contribution in [2.45, 2.75) is 6.18 Å². The number of fused-ring (bicyclic) bond motifs is 1. The number of thiophene rings is 1. The first-order valence-electron chi connectivity index (χ1n) is 6.62. The molecule has 3 aromatic rings. The number of alkyl halides is 3. The molecule has 0 spiro atoms. The fourth-order valence-corrected chi connectivity index (χ4v) is 3.05. The van der Waals surface area contributed by atoms with Crippen molar-refractivity contribution < 1.29 is 22.6 Å². The number of pyridine rings is 1. The Bertz CT molecular complexity index is 845. The molecule has 3 rings (SSSR count). The molecular formula is C16H12F3NO2S. The normalized spacial score (nSPS) is 11.7. The molecule has 0 radical (unpaired) electrons. The smallest absolute Gasteiger partial charge is 0.417 e. The van der Waals surface area contributed by atoms with Crippen LogP contribution in [-0.2, 0) is 6.18 Å². The van der Waals surface area contributed by atoms with Crippen molar-refractivity contribution in [3.63, 3.8) is 0 Å². The molecule has 0 N–H and O–H groups in total. The van der Waals surface area contributed by atoms with E-state index in [1.54, 1.807) is 17.5 Å². The summed E-state index contributed by atoms with van der Waals surface area (Å²) in [7, 11) is 2.76. The highest BCUT2D eigenvalue weighted by atomic mass is 32.1. The Morgan fingerprint density at radius 1 is 1.09 bits per heavy atom. The molecule has 2 heterocycles. The Hall–Kier alpha value is -2.28. The first-order valence-corrected chi connectivity index (χ1v) is 7.50. The van der Waals surface area contributed by atoms with Gasteiger partial charge in [0.2, 0.25) is 0 Å². The Balaban J connectivity index is 2.40. The Morgan fingerprint density at radius 3 is 2.43 bits per heavy atom. The van der Waals surface area contributed by atoms with Crippen LogP contribution in [0, 0.1) is 0 Å². The zero-order valence-electron chi connectivity index (χ0n) is 12.3. The fourth-order valence-electron chi connectivity index (χ4n) is 2.36. The summed E-state index contributed by atoms with van der Waals surface area (Å²) in [4.78, 5) is 5.03. The number of rotatable bonds is 3. The molecule has 0 bridgehead atoms. The van der Waals surface area contributed by atoms with E-state index < -0.39 is 11.7 Å². The highest BCUT2D eigenvalue weighted by Gasteiger charge is 2.35. The third kappa shape index (κ3) is 2.84. The van der Waals surface area contributed by atoms with Crippen LogP contribution in [0.25, 0.3) is 21.5 Å². The van der Waals surface area contributed by atoms with Crippen LogP contribution < -0.4 is 9.47 Å². The van der Waals surface area contributed by atoms with Crippen LogP contribution in [0.4, 0.5) is 13.2 Å². The molecule has 0 saturated heterocycles. The molecule has 0 aliphatic heterocycles. The van der Waals surface area contributed by atoms with E-state index in [9.17, 15) is 13.2 Å². The van der Waals surface area contributed by atoms with E-state index in [-0.39, 0.29) is 22.3 Å². The summed E-state index contributed by atoms with van der Waals surface area (Å²) in [6, 6.07) is 7.46. The SMILES string of the molecule is COc1cc(OC)c2c(C(F)(F)F)cc(-c3cccs3)nc2c1. The van der Waals surface area contributed by atoms with Crippen LogP contribution in [0.3, 0.4) is 0 Å². The Morgan fingerprint density at radius 2 is 1.87 bits per heavy atom. The first kappa shape index (κ1) is 15.6. The molecule has 0 fully saturated rings. The lowest BCUT2D eigenvalue weighted by molar-refractivity contribution is -0.136. The minimum absolute atomic E-state index is 0.0684. The second-order valence-corrected chi connectivity index (χ2v) is 5.70. The van der Waals surface area contributed by atoms with Gasteiger partial charge in [-0.3, -0.25) is 0 Å². The number of aromatic nitrogens is 1. The summed E-state index contributed by atoms with van der Waals surface area (Å²) < 4.78 is 50.8. The van der Waals surface area contributed by atoms with Gasteiger partial charge in [0.05, 0.1) is 41.3 Å². The van der Waals surface area contributed by atoms with E-state index in [2.05, 4.69) is 4.98 Å². The molecule has 2 aromatic heterocycles. The lowest BCUT2D eigenvalue weighted by Crippen LogP contribution is -2.08. The molecular weight excluding hydrogens is 327 g/mol. The number of benzene rings is 1. The number of methoxy groups -OCH3 is 2. The summed E-state index contributed by atoms with van der Waals surface area (Å²) in [6.07, 6.45) is -4.52. The monoisotopic (exact) mass is 339 g/mol. The third-order valence-corrected chi connectivity index (χ3v) is 4.27. The molecule has 0 saturated carbocycles. The van der Waals surface area contributed by atoms with Gasteiger partial charge >= 0.3 is 6.18 Å². The molecule has 0 atom stereocenters. The number of nitrogens with zero attached hydrogens (tertiary/aromatic N) is 1. The van der Waals surface area contributed by atoms with Crippen molar-refractivity contribution in [1.82, 2.24) is 4.98 Å². The molecule has 0 aliphatic rings. The topological polar surface area (TPSA) is 31.4 Å². The quantitative estimate of drug-likeness (QED) is 0.673. The van der Waals surface area contributed by atoms with Gasteiger partial charge in [-0.05, 0) is 17.5 Å². The highest BCUT2D eigenvalue weighted by Crippen LogP contribution is 2.42. The van der Waals surface area contributed by atoms with Gasteiger partial charge in [-0.15, -0.1) is 11.3 Å². The van der Waals surface area contributed by atoms with Crippen molar-refractivity contribution >= 4 is 22.2 Å². The van der Waals surface area contributed by atoms with Crippen LogP contribution in [0.15, 0.2) is 35.7 Å². The zero-order chi connectivity index (χ0) is 16.6. The summed E-state index contributed by atoms with van der Waals surface area (Å²) in [5.41, 5.74) is -0.319. The van der Waals surface area contributed by atoms with E-state index in [0.717, 1.165) is 6.07 Å². The summed E-state index contributed by atoms with van der Waals surface area (Å²) >= 11 is 1.33. The molecule has 3 nitrogen and oxygen atoms in total. The highest BCUT2D eigenvalue weighted by molar-refractivity contribution is 7.13. The Labute approximate surface area is 134 Å². The van der Waals surface area contributed by atoms with Crippen molar-refractivity contribution in [2.24, 2.45) is 0 Å². The van der Waals surface area contributed by atoms with Crippen LogP contribution in [0.2, 0.25) is 0 Å². The zero-order valence-corrected chi connectivity index (χ0v) is 13.1. The Kier molecular flexibility index (Phi) is 3.89. The number of hydrogen-bond acceptors (Lipinski definition) is 4. The predicted molar refractivity (Wildman–Crippen MR) is 83.2 cm³/mol. The second kappa shape index (κ2) is 5.73. The average Bonchev–Trinajstić information content (AvgIpc) is 3.06. The maximum absolute atomic E-state index is 13.5. The van der Waals surface area contributed by atoms with E-state index in [4.69, 9.17) is 9.47 Å². The molecule has 0 amide bonds. The van der Waals surface area contributed by atoms with Crippen molar-refractivity contribution in [1.29, 1.82) is 0 Å². The van der Waals surface area contributed by atoms with Gasteiger partial charge in [0, 0.05) is 12.1 Å². The second-order valence-electron chi connectivity index (χ2n) is 4.75. The van der Waals surface area contributed by atoms with Gasteiger partial charge in [0.25, 0.3) is 0 Å². The fraction of sp³-hybridized carbons (Fsp3) is 0.188. The molecule has 0 aliphatic carbocycles. The van der Waals surface area contributed by atoms with Gasteiger partial charge < -0.3 is 9.47 Å². The first-order chi connectivity index (χ1) is 10.9. The maximum Gasteiger partial charge on any atom is 0.417 e. The van der Waals surface area contributed by atoms with Crippen molar-refractivity contribution in [3.05, 3.63) is 41.3 Å². The lowest BCUT2D eigenvalue weighted by Gasteiger charge is -2.15. The maximum atomic E-state index is 13.5. The number of hydrogen-bond donors (Lipinski definition) is 0. The summed E-state index contributed by atoms with van der Waals surface area (Å²) in [5, 5.41) is 1.72. The standard InChI is InChI=1S/C16H12F3NO2S/c1-21-9-6-12-15(13(7-9)22-2)10(16(17,18)19)8-11(20-12)14-4-3-5-23-14/h3-8H,1-2H3. The van der Waals surface area contributed by atoms with Gasteiger partial charge in [-0.2, -0.15) is 13.2 Å². The summed E-state index contributed by atoms with van der Waals surface area (Å²) in [6.45, 7) is 0. The van der Waals surface area contributed by atoms with Crippen LogP contribution in [-0.4, -0.2) is 19.2 Å². The van der Waals surface area contributed by atoms with Crippen molar-refractivity contribution in [3.8, 4) is 22.1 Å².